The lowest BCUT2D eigenvalue weighted by Gasteiger charge is -2.43. The summed E-state index contributed by atoms with van der Waals surface area (Å²) in [6.45, 7) is 19.1. The van der Waals surface area contributed by atoms with Crippen LogP contribution < -0.4 is 15.7 Å². The minimum absolute atomic E-state index is 0.0685. The van der Waals surface area contributed by atoms with Crippen molar-refractivity contribution in [3.63, 3.8) is 0 Å². The molecule has 2 heterocycles. The monoisotopic (exact) mass is 728 g/mol. The van der Waals surface area contributed by atoms with Gasteiger partial charge in [0.2, 0.25) is 0 Å². The van der Waals surface area contributed by atoms with Crippen LogP contribution in [0.4, 0.5) is 4.79 Å². The number of urea groups is 1. The zero-order chi connectivity index (χ0) is 38.2. The zero-order valence-corrected chi connectivity index (χ0v) is 33.1. The molecule has 0 saturated heterocycles. The largest absolute Gasteiger partial charge is 0.461 e. The second-order valence-electron chi connectivity index (χ2n) is 14.5. The van der Waals surface area contributed by atoms with E-state index in [0.717, 1.165) is 27.8 Å². The average molecular weight is 729 g/mol. The molecule has 1 atom stereocenters. The molecule has 0 saturated carbocycles. The summed E-state index contributed by atoms with van der Waals surface area (Å²) in [5, 5.41) is 5.29. The molecule has 0 fully saturated rings. The Balaban J connectivity index is 1.65. The summed E-state index contributed by atoms with van der Waals surface area (Å²) in [6, 6.07) is 30.3. The van der Waals surface area contributed by atoms with Crippen molar-refractivity contribution in [1.82, 2.24) is 15.2 Å². The van der Waals surface area contributed by atoms with Crippen LogP contribution >= 0.6 is 0 Å². The first-order chi connectivity index (χ1) is 25.4. The smallest absolute Gasteiger partial charge is 0.356 e. The van der Waals surface area contributed by atoms with Crippen molar-refractivity contribution in [2.75, 3.05) is 13.2 Å². The topological polar surface area (TPSA) is 93.1 Å². The van der Waals surface area contributed by atoms with Crippen LogP contribution in [0.15, 0.2) is 115 Å². The Bertz CT molecular complexity index is 1930. The molecule has 5 rings (SSSR count). The number of carbonyl (C=O) groups is 2. The standard InChI is InChI=1S/C44H52N4O4Si/c1-9-32(29-45-10-2)33-19-18-20-34(27-33)41-40-35(28-38(47-41)42(49)51-11-3)30-48(43(50)46-31(4)5)39(40)25-26-52-53(44(6,7)8,36-21-14-12-15-22-36)37-23-16-13-17-24-37/h9-10,12-24,27-29,31,39H,2,11,25-26,30H2,1,3-8H3,(H,46,50)/b32-9+,45-29-/t39-/m1/s1. The van der Waals surface area contributed by atoms with Crippen LogP contribution in [0.3, 0.4) is 0 Å². The fourth-order valence-electron chi connectivity index (χ4n) is 7.31. The van der Waals surface area contributed by atoms with Crippen molar-refractivity contribution in [3.05, 3.63) is 132 Å². The number of rotatable bonds is 13. The molecule has 1 aliphatic rings. The van der Waals surface area contributed by atoms with Gasteiger partial charge in [-0.25, -0.2) is 14.6 Å². The van der Waals surface area contributed by atoms with E-state index in [1.54, 1.807) is 19.2 Å². The van der Waals surface area contributed by atoms with Crippen LogP contribution in [0.2, 0.25) is 5.04 Å². The summed E-state index contributed by atoms with van der Waals surface area (Å²) < 4.78 is 12.8. The second kappa shape index (κ2) is 17.1. The number of carbonyl (C=O) groups excluding carboxylic acids is 2. The lowest BCUT2D eigenvalue weighted by molar-refractivity contribution is 0.0519. The number of esters is 1. The Kier molecular flexibility index (Phi) is 12.6. The molecule has 53 heavy (non-hydrogen) atoms. The molecule has 9 heteroatoms. The zero-order valence-electron chi connectivity index (χ0n) is 32.1. The van der Waals surface area contributed by atoms with E-state index >= 15 is 0 Å². The first-order valence-corrected chi connectivity index (χ1v) is 20.3. The molecule has 1 aliphatic heterocycles. The minimum Gasteiger partial charge on any atom is -0.461 e. The van der Waals surface area contributed by atoms with E-state index in [0.29, 0.717) is 25.3 Å². The van der Waals surface area contributed by atoms with E-state index in [1.165, 1.54) is 16.6 Å². The van der Waals surface area contributed by atoms with Crippen molar-refractivity contribution < 1.29 is 18.8 Å². The number of amides is 2. The molecule has 0 radical (unpaired) electrons. The van der Waals surface area contributed by atoms with Crippen molar-refractivity contribution in [3.8, 4) is 11.3 Å². The third-order valence-electron chi connectivity index (χ3n) is 9.58. The molecule has 8 nitrogen and oxygen atoms in total. The third kappa shape index (κ3) is 8.42. The fourth-order valence-corrected chi connectivity index (χ4v) is 11.9. The Labute approximate surface area is 315 Å². The first-order valence-electron chi connectivity index (χ1n) is 18.4. The van der Waals surface area contributed by atoms with E-state index in [2.05, 4.69) is 92.3 Å². The number of hydrogen-bond acceptors (Lipinski definition) is 6. The summed E-state index contributed by atoms with van der Waals surface area (Å²) in [6.07, 6.45) is 5.77. The SMILES string of the molecule is C=C/N=C\C(=C/C)c1cccc(-c2nc(C(=O)OCC)cc3c2[C@@H](CCO[Si](c2ccccc2)(c2ccccc2)C(C)(C)C)N(C(=O)NC(C)C)C3)c1. The van der Waals surface area contributed by atoms with Gasteiger partial charge >= 0.3 is 12.0 Å². The van der Waals surface area contributed by atoms with E-state index in [4.69, 9.17) is 14.1 Å². The van der Waals surface area contributed by atoms with Crippen molar-refractivity contribution in [2.24, 2.45) is 4.99 Å². The second-order valence-corrected chi connectivity index (χ2v) is 18.8. The number of benzene rings is 3. The maximum atomic E-state index is 14.0. The Hall–Kier alpha value is -5.12. The maximum Gasteiger partial charge on any atom is 0.356 e. The molecule has 1 aromatic heterocycles. The van der Waals surface area contributed by atoms with Crippen molar-refractivity contribution in [1.29, 1.82) is 0 Å². The number of allylic oxidation sites excluding steroid dienone is 2. The molecule has 2 amide bonds. The summed E-state index contributed by atoms with van der Waals surface area (Å²) in [5.74, 6) is -0.503. The number of nitrogens with zero attached hydrogens (tertiary/aromatic N) is 3. The molecular formula is C44H52N4O4Si. The van der Waals surface area contributed by atoms with Crippen molar-refractivity contribution >= 4 is 42.5 Å². The average Bonchev–Trinajstić information content (AvgIpc) is 3.52. The minimum atomic E-state index is -2.86. The molecule has 4 aromatic rings. The van der Waals surface area contributed by atoms with E-state index < -0.39 is 14.3 Å². The Morgan fingerprint density at radius 2 is 1.68 bits per heavy atom. The molecule has 1 N–H and O–H groups in total. The Morgan fingerprint density at radius 1 is 1.02 bits per heavy atom. The number of aliphatic imine (C=N–C) groups is 1. The number of fused-ring (bicyclic) bond motifs is 1. The maximum absolute atomic E-state index is 14.0. The highest BCUT2D eigenvalue weighted by Crippen LogP contribution is 2.43. The normalized spacial score (nSPS) is 14.8. The summed E-state index contributed by atoms with van der Waals surface area (Å²) >= 11 is 0. The number of nitrogens with one attached hydrogen (secondary N) is 1. The van der Waals surface area contributed by atoms with Gasteiger partial charge < -0.3 is 19.4 Å². The molecule has 3 aromatic carbocycles. The van der Waals surface area contributed by atoms with Gasteiger partial charge in [-0.15, -0.1) is 0 Å². The van der Waals surface area contributed by atoms with Gasteiger partial charge in [0.15, 0.2) is 0 Å². The molecule has 276 valence electrons. The highest BCUT2D eigenvalue weighted by Gasteiger charge is 2.50. The van der Waals surface area contributed by atoms with Gasteiger partial charge in [0.1, 0.15) is 5.69 Å². The first kappa shape index (κ1) is 39.1. The van der Waals surface area contributed by atoms with Crippen molar-refractivity contribution in [2.45, 2.75) is 78.6 Å². The number of ether oxygens (including phenoxy) is 1. The van der Waals surface area contributed by atoms with Crippen LogP contribution in [0, 0.1) is 0 Å². The van der Waals surface area contributed by atoms with E-state index in [9.17, 15) is 9.59 Å². The van der Waals surface area contributed by atoms with Crippen LogP contribution in [0.1, 0.15) is 88.1 Å². The molecule has 0 unspecified atom stereocenters. The summed E-state index contributed by atoms with van der Waals surface area (Å²) in [7, 11) is -2.86. The summed E-state index contributed by atoms with van der Waals surface area (Å²) in [4.78, 5) is 38.3. The van der Waals surface area contributed by atoms with Crippen LogP contribution in [0.5, 0.6) is 0 Å². The van der Waals surface area contributed by atoms with Gasteiger partial charge in [-0.1, -0.05) is 112 Å². The molecule has 0 spiro atoms. The van der Waals surface area contributed by atoms with Gasteiger partial charge in [-0.05, 0) is 78.4 Å². The van der Waals surface area contributed by atoms with Gasteiger partial charge in [-0.3, -0.25) is 4.99 Å². The number of aromatic nitrogens is 1. The van der Waals surface area contributed by atoms with Gasteiger partial charge in [0.25, 0.3) is 8.32 Å². The number of pyridine rings is 1. The van der Waals surface area contributed by atoms with Gasteiger partial charge in [-0.2, -0.15) is 0 Å². The van der Waals surface area contributed by atoms with Crippen LogP contribution in [-0.2, 0) is 15.7 Å². The quantitative estimate of drug-likeness (QED) is 0.0847. The van der Waals surface area contributed by atoms with Gasteiger partial charge in [0.05, 0.1) is 18.3 Å². The lowest BCUT2D eigenvalue weighted by atomic mass is 9.94. The summed E-state index contributed by atoms with van der Waals surface area (Å²) in [5.41, 5.74) is 5.28. The highest BCUT2D eigenvalue weighted by atomic mass is 28.4. The van der Waals surface area contributed by atoms with E-state index in [-0.39, 0.29) is 35.5 Å². The Morgan fingerprint density at radius 3 is 2.25 bits per heavy atom. The van der Waals surface area contributed by atoms with E-state index in [1.807, 2.05) is 62.1 Å². The molecule has 0 bridgehead atoms. The number of hydrogen-bond donors (Lipinski definition) is 1. The molecular weight excluding hydrogens is 677 g/mol. The predicted octanol–water partition coefficient (Wildman–Crippen LogP) is 8.48. The fraction of sp³-hybridized carbons (Fsp3) is 0.318. The predicted molar refractivity (Wildman–Crippen MR) is 218 cm³/mol. The third-order valence-corrected chi connectivity index (χ3v) is 14.6. The van der Waals surface area contributed by atoms with Crippen LogP contribution in [0.25, 0.3) is 16.8 Å². The van der Waals surface area contributed by atoms with Gasteiger partial charge in [0, 0.05) is 42.7 Å². The van der Waals surface area contributed by atoms with Crippen LogP contribution in [-0.4, -0.2) is 55.7 Å². The highest BCUT2D eigenvalue weighted by molar-refractivity contribution is 6.99. The molecule has 0 aliphatic carbocycles. The lowest BCUT2D eigenvalue weighted by Crippen LogP contribution is -2.66.